The Hall–Kier alpha value is -3.33. The molecule has 0 aliphatic heterocycles. The molecule has 2 aromatic carbocycles. The van der Waals surface area contributed by atoms with Gasteiger partial charge in [-0.05, 0) is 60.2 Å². The van der Waals surface area contributed by atoms with Crippen molar-refractivity contribution in [1.29, 1.82) is 0 Å². The van der Waals surface area contributed by atoms with Crippen LogP contribution in [-0.2, 0) is 20.9 Å². The maximum Gasteiger partial charge on any atom is 0.265 e. The highest BCUT2D eigenvalue weighted by molar-refractivity contribution is 7.92. The van der Waals surface area contributed by atoms with Gasteiger partial charge in [-0.15, -0.1) is 9.73 Å². The molecular weight excluding hydrogens is 582 g/mol. The van der Waals surface area contributed by atoms with Crippen molar-refractivity contribution in [3.05, 3.63) is 59.8 Å². The second-order valence-corrected chi connectivity index (χ2v) is 15.6. The van der Waals surface area contributed by atoms with Gasteiger partial charge in [-0.2, -0.15) is 5.10 Å². The zero-order chi connectivity index (χ0) is 32.7. The van der Waals surface area contributed by atoms with Crippen LogP contribution in [-0.4, -0.2) is 34.8 Å². The van der Waals surface area contributed by atoms with Gasteiger partial charge in [0.25, 0.3) is 10.0 Å². The third kappa shape index (κ3) is 9.12. The molecule has 0 spiro atoms. The summed E-state index contributed by atoms with van der Waals surface area (Å²) in [5, 5.41) is 9.19. The first kappa shape index (κ1) is 34.5. The number of benzene rings is 2. The topological polar surface area (TPSA) is 101 Å². The smallest absolute Gasteiger partial charge is 0.265 e. The largest absolute Gasteiger partial charge is 0.492 e. The minimum Gasteiger partial charge on any atom is -0.492 e. The monoisotopic (exact) mass is 635 g/mol. The van der Waals surface area contributed by atoms with Crippen LogP contribution in [0.4, 0.5) is 5.69 Å². The van der Waals surface area contributed by atoms with E-state index in [1.54, 1.807) is 16.8 Å². The van der Waals surface area contributed by atoms with E-state index in [4.69, 9.17) is 4.74 Å². The van der Waals surface area contributed by atoms with Crippen LogP contribution in [0.5, 0.6) is 5.75 Å². The Labute approximate surface area is 270 Å². The third-order valence-corrected chi connectivity index (χ3v) is 9.89. The summed E-state index contributed by atoms with van der Waals surface area (Å²) in [7, 11) is -3.93. The molecule has 0 bridgehead atoms. The van der Waals surface area contributed by atoms with Gasteiger partial charge >= 0.3 is 0 Å². The normalized spacial score (nSPS) is 12.6. The number of H-pyrrole nitrogens is 1. The van der Waals surface area contributed by atoms with Gasteiger partial charge in [0.1, 0.15) is 10.6 Å². The van der Waals surface area contributed by atoms with Gasteiger partial charge in [-0.1, -0.05) is 106 Å². The fourth-order valence-corrected chi connectivity index (χ4v) is 6.69. The van der Waals surface area contributed by atoms with E-state index in [2.05, 4.69) is 68.4 Å². The Balaban J connectivity index is 1.53. The Morgan fingerprint density at radius 3 is 2.16 bits per heavy atom. The predicted octanol–water partition coefficient (Wildman–Crippen LogP) is 9.42. The van der Waals surface area contributed by atoms with Crippen molar-refractivity contribution >= 4 is 21.4 Å². The molecule has 0 aliphatic rings. The highest BCUT2D eigenvalue weighted by Crippen LogP contribution is 2.35. The number of nitrogens with zero attached hydrogens (tertiary/aromatic N) is 3. The summed E-state index contributed by atoms with van der Waals surface area (Å²) in [5.41, 5.74) is 3.84. The van der Waals surface area contributed by atoms with Gasteiger partial charge in [0.2, 0.25) is 0 Å². The molecule has 0 saturated heterocycles. The van der Waals surface area contributed by atoms with Crippen molar-refractivity contribution in [1.82, 2.24) is 19.8 Å². The van der Waals surface area contributed by atoms with Gasteiger partial charge in [-0.25, -0.2) is 8.42 Å². The number of ether oxygens (including phenoxy) is 1. The van der Waals surface area contributed by atoms with Crippen molar-refractivity contribution in [2.75, 3.05) is 11.3 Å². The minimum atomic E-state index is -3.93. The maximum atomic E-state index is 13.9. The molecule has 2 aromatic heterocycles. The molecule has 0 amide bonds. The molecule has 9 heteroatoms. The van der Waals surface area contributed by atoms with Gasteiger partial charge < -0.3 is 9.72 Å². The molecule has 0 atom stereocenters. The summed E-state index contributed by atoms with van der Waals surface area (Å²) in [5.74, 6) is 1.06. The highest BCUT2D eigenvalue weighted by Gasteiger charge is 2.27. The summed E-state index contributed by atoms with van der Waals surface area (Å²) in [4.78, 5) is 3.50. The Morgan fingerprint density at radius 1 is 0.822 bits per heavy atom. The number of rotatable bonds is 17. The summed E-state index contributed by atoms with van der Waals surface area (Å²) in [6, 6.07) is 14.9. The zero-order valence-corrected chi connectivity index (χ0v) is 29.2. The lowest BCUT2D eigenvalue weighted by Gasteiger charge is -2.26. The van der Waals surface area contributed by atoms with Gasteiger partial charge in [-0.3, -0.25) is 4.72 Å². The second kappa shape index (κ2) is 14.8. The van der Waals surface area contributed by atoms with E-state index >= 15 is 0 Å². The molecule has 8 nitrogen and oxygen atoms in total. The number of hydrogen-bond acceptors (Lipinski definition) is 5. The molecule has 45 heavy (non-hydrogen) atoms. The number of aromatic nitrogens is 4. The molecule has 0 fully saturated rings. The molecule has 4 aromatic rings. The molecule has 2 heterocycles. The van der Waals surface area contributed by atoms with E-state index in [0.717, 1.165) is 61.0 Å². The molecule has 0 unspecified atom stereocenters. The van der Waals surface area contributed by atoms with Crippen LogP contribution >= 0.6 is 0 Å². The van der Waals surface area contributed by atoms with Crippen LogP contribution in [0.1, 0.15) is 124 Å². The van der Waals surface area contributed by atoms with E-state index in [1.807, 2.05) is 36.4 Å². The number of unbranched alkanes of at least 4 members (excludes halogenated alkanes) is 7. The summed E-state index contributed by atoms with van der Waals surface area (Å²) < 4.78 is 38.3. The molecule has 4 rings (SSSR count). The maximum absolute atomic E-state index is 13.9. The number of fused-ring (bicyclic) bond motifs is 1. The van der Waals surface area contributed by atoms with Crippen LogP contribution in [0.3, 0.4) is 0 Å². The van der Waals surface area contributed by atoms with Gasteiger partial charge in [0.15, 0.2) is 11.5 Å². The van der Waals surface area contributed by atoms with Crippen LogP contribution in [0, 0.1) is 0 Å². The quantitative estimate of drug-likeness (QED) is 0.113. The lowest BCUT2D eigenvalue weighted by atomic mass is 9.80. The van der Waals surface area contributed by atoms with Crippen molar-refractivity contribution < 1.29 is 13.2 Å². The standard InChI is InChI=1S/C36H53N5O3S/c1-8-10-12-13-14-16-24-44-30-22-19-28(36(6,7)23-15-11-9-2)25-31(30)45(42,43)40-29-20-17-27(18-21-29)34-37-33-26-32(35(3,4)5)38-41(33)39-34/h17-22,25-26,40H,8-16,23-24H2,1-7H3,(H,37,39). The summed E-state index contributed by atoms with van der Waals surface area (Å²) in [6.07, 6.45) is 11.2. The molecule has 0 radical (unpaired) electrons. The van der Waals surface area contributed by atoms with E-state index in [-0.39, 0.29) is 15.7 Å². The van der Waals surface area contributed by atoms with Crippen molar-refractivity contribution in [2.45, 2.75) is 128 Å². The van der Waals surface area contributed by atoms with E-state index in [0.29, 0.717) is 23.9 Å². The molecule has 2 N–H and O–H groups in total. The molecule has 0 saturated carbocycles. The molecule has 0 aliphatic carbocycles. The fourth-order valence-electron chi connectivity index (χ4n) is 5.46. The number of anilines is 1. The van der Waals surface area contributed by atoms with Gasteiger partial charge in [0, 0.05) is 22.7 Å². The Kier molecular flexibility index (Phi) is 11.4. The average Bonchev–Trinajstić information content (AvgIpc) is 3.57. The lowest BCUT2D eigenvalue weighted by molar-refractivity contribution is 0.296. The van der Waals surface area contributed by atoms with Gasteiger partial charge in [0.05, 0.1) is 12.3 Å². The predicted molar refractivity (Wildman–Crippen MR) is 185 cm³/mol. The summed E-state index contributed by atoms with van der Waals surface area (Å²) >= 11 is 0. The average molecular weight is 636 g/mol. The van der Waals surface area contributed by atoms with E-state index in [9.17, 15) is 8.42 Å². The Morgan fingerprint density at radius 2 is 1.49 bits per heavy atom. The third-order valence-electron chi connectivity index (χ3n) is 8.49. The lowest BCUT2D eigenvalue weighted by Crippen LogP contribution is -2.20. The van der Waals surface area contributed by atoms with E-state index in [1.165, 1.54) is 25.7 Å². The van der Waals surface area contributed by atoms with Crippen molar-refractivity contribution in [3.8, 4) is 17.1 Å². The highest BCUT2D eigenvalue weighted by atomic mass is 32.2. The zero-order valence-electron chi connectivity index (χ0n) is 28.4. The fraction of sp³-hybridized carbons (Fsp3) is 0.556. The second-order valence-electron chi connectivity index (χ2n) is 13.9. The van der Waals surface area contributed by atoms with Crippen LogP contribution in [0.25, 0.3) is 17.0 Å². The Bertz CT molecular complexity index is 1600. The minimum absolute atomic E-state index is 0.0724. The van der Waals surface area contributed by atoms with Crippen LogP contribution in [0.15, 0.2) is 53.4 Å². The first-order valence-corrected chi connectivity index (χ1v) is 18.2. The number of hydrogen-bond donors (Lipinski definition) is 2. The number of sulfonamides is 1. The van der Waals surface area contributed by atoms with Crippen LogP contribution in [0.2, 0.25) is 0 Å². The molecular formula is C36H53N5O3S. The van der Waals surface area contributed by atoms with E-state index < -0.39 is 10.0 Å². The SMILES string of the molecule is CCCCCCCCOc1ccc(C(C)(C)CCCCC)cc1S(=O)(=O)Nc1ccc(-c2nn3nc(C(C)(C)C)cc3[nH]2)cc1. The number of nitrogens with one attached hydrogen (secondary N) is 2. The van der Waals surface area contributed by atoms with Crippen molar-refractivity contribution in [2.24, 2.45) is 0 Å². The molecule has 246 valence electrons. The first-order chi connectivity index (χ1) is 21.3. The first-order valence-electron chi connectivity index (χ1n) is 16.7. The van der Waals surface area contributed by atoms with Crippen LogP contribution < -0.4 is 9.46 Å². The summed E-state index contributed by atoms with van der Waals surface area (Å²) in [6.45, 7) is 15.6. The van der Waals surface area contributed by atoms with Crippen molar-refractivity contribution in [3.63, 3.8) is 0 Å². The number of aromatic amines is 1.